The van der Waals surface area contributed by atoms with Gasteiger partial charge < -0.3 is 5.32 Å². The molecule has 5 nitrogen and oxygen atoms in total. The molecule has 0 aliphatic rings. The molecule has 0 saturated carbocycles. The van der Waals surface area contributed by atoms with Crippen LogP contribution < -0.4 is 5.32 Å². The van der Waals surface area contributed by atoms with Crippen molar-refractivity contribution in [2.24, 2.45) is 0 Å². The van der Waals surface area contributed by atoms with Gasteiger partial charge in [0, 0.05) is 11.0 Å². The average Bonchev–Trinajstić information content (AvgIpc) is 2.59. The zero-order valence-corrected chi connectivity index (χ0v) is 16.5. The first kappa shape index (κ1) is 21.4. The molecular weight excluding hydrogens is 449 g/mol. The molecule has 146 valence electrons. The van der Waals surface area contributed by atoms with E-state index in [9.17, 15) is 26.4 Å². The van der Waals surface area contributed by atoms with Gasteiger partial charge in [-0.25, -0.2) is 8.42 Å². The molecule has 0 saturated heterocycles. The van der Waals surface area contributed by atoms with E-state index >= 15 is 0 Å². The normalized spacial score (nSPS) is 12.2. The highest BCUT2D eigenvalue weighted by molar-refractivity contribution is 9.10. The Labute approximate surface area is 163 Å². The number of para-hydroxylation sites is 1. The molecule has 0 bridgehead atoms. The van der Waals surface area contributed by atoms with E-state index in [-0.39, 0.29) is 11.4 Å². The van der Waals surface area contributed by atoms with E-state index in [1.165, 1.54) is 31.2 Å². The van der Waals surface area contributed by atoms with Crippen LogP contribution in [0.3, 0.4) is 0 Å². The highest BCUT2D eigenvalue weighted by Gasteiger charge is 2.34. The van der Waals surface area contributed by atoms with Crippen LogP contribution in [0, 0.1) is 0 Å². The molecule has 2 aromatic carbocycles. The first-order valence-electron chi connectivity index (χ1n) is 7.78. The van der Waals surface area contributed by atoms with Crippen molar-refractivity contribution in [1.29, 1.82) is 0 Å². The molecule has 0 atom stereocenters. The van der Waals surface area contributed by atoms with Crippen molar-refractivity contribution in [1.82, 2.24) is 4.31 Å². The Morgan fingerprint density at radius 3 is 2.30 bits per heavy atom. The molecule has 0 aliphatic carbocycles. The fraction of sp³-hybridized carbons (Fsp3) is 0.235. The van der Waals surface area contributed by atoms with E-state index < -0.39 is 39.9 Å². The molecule has 0 heterocycles. The fourth-order valence-electron chi connectivity index (χ4n) is 2.35. The number of anilines is 1. The highest BCUT2D eigenvalue weighted by Crippen LogP contribution is 2.34. The summed E-state index contributed by atoms with van der Waals surface area (Å²) in [6, 6.07) is 10.6. The number of hydrogen-bond donors (Lipinski definition) is 1. The van der Waals surface area contributed by atoms with E-state index in [2.05, 4.69) is 21.2 Å². The van der Waals surface area contributed by atoms with Crippen molar-refractivity contribution in [3.05, 3.63) is 58.6 Å². The van der Waals surface area contributed by atoms with Crippen molar-refractivity contribution in [2.75, 3.05) is 18.4 Å². The molecule has 0 fully saturated rings. The third-order valence-electron chi connectivity index (χ3n) is 3.63. The van der Waals surface area contributed by atoms with Gasteiger partial charge in [-0.3, -0.25) is 4.79 Å². The van der Waals surface area contributed by atoms with Crippen LogP contribution in [0.5, 0.6) is 0 Å². The first-order valence-corrected chi connectivity index (χ1v) is 10.0. The molecular formula is C17H16BrF3N2O3S. The number of rotatable bonds is 6. The number of likely N-dealkylation sites (N-methyl/N-ethyl adjacent to an activating group) is 1. The number of halogens is 4. The lowest BCUT2D eigenvalue weighted by atomic mass is 10.1. The molecule has 2 rings (SSSR count). The molecule has 0 radical (unpaired) electrons. The average molecular weight is 465 g/mol. The Morgan fingerprint density at radius 2 is 1.70 bits per heavy atom. The number of alkyl halides is 3. The third-order valence-corrected chi connectivity index (χ3v) is 6.57. The van der Waals surface area contributed by atoms with Crippen LogP contribution in [0.15, 0.2) is 57.9 Å². The second-order valence-corrected chi connectivity index (χ2v) is 8.21. The number of sulfonamides is 1. The molecule has 0 unspecified atom stereocenters. The molecule has 10 heteroatoms. The predicted octanol–water partition coefficient (Wildman–Crippen LogP) is 4.12. The monoisotopic (exact) mass is 464 g/mol. The SMILES string of the molecule is CCN(CC(=O)Nc1ccccc1C(F)(F)F)S(=O)(=O)c1ccccc1Br. The van der Waals surface area contributed by atoms with Crippen molar-refractivity contribution < 1.29 is 26.4 Å². The van der Waals surface area contributed by atoms with Crippen molar-refractivity contribution in [2.45, 2.75) is 18.0 Å². The quantitative estimate of drug-likeness (QED) is 0.699. The minimum atomic E-state index is -4.64. The van der Waals surface area contributed by atoms with Gasteiger partial charge >= 0.3 is 6.18 Å². The van der Waals surface area contributed by atoms with Gasteiger partial charge in [0.15, 0.2) is 0 Å². The van der Waals surface area contributed by atoms with E-state index in [0.717, 1.165) is 16.4 Å². The molecule has 2 aromatic rings. The number of carbonyl (C=O) groups is 1. The van der Waals surface area contributed by atoms with Crippen LogP contribution >= 0.6 is 15.9 Å². The maximum Gasteiger partial charge on any atom is 0.418 e. The van der Waals surface area contributed by atoms with E-state index in [0.29, 0.717) is 4.47 Å². The van der Waals surface area contributed by atoms with Gasteiger partial charge in [-0.15, -0.1) is 0 Å². The predicted molar refractivity (Wildman–Crippen MR) is 98.6 cm³/mol. The van der Waals surface area contributed by atoms with Crippen LogP contribution in [0.25, 0.3) is 0 Å². The second kappa shape index (κ2) is 8.41. The van der Waals surface area contributed by atoms with Crippen LogP contribution in [-0.4, -0.2) is 31.7 Å². The van der Waals surface area contributed by atoms with Crippen molar-refractivity contribution in [3.8, 4) is 0 Å². The summed E-state index contributed by atoms with van der Waals surface area (Å²) in [6.45, 7) is 0.885. The summed E-state index contributed by atoms with van der Waals surface area (Å²) in [6.07, 6.45) is -4.64. The van der Waals surface area contributed by atoms with Gasteiger partial charge in [-0.05, 0) is 40.2 Å². The maximum atomic E-state index is 13.0. The molecule has 1 amide bonds. The zero-order valence-electron chi connectivity index (χ0n) is 14.1. The third kappa shape index (κ3) is 5.08. The molecule has 0 spiro atoms. The standard InChI is InChI=1S/C17H16BrF3N2O3S/c1-2-23(27(25,26)15-10-6-4-8-13(15)18)11-16(24)22-14-9-5-3-7-12(14)17(19,20)21/h3-10H,2,11H2,1H3,(H,22,24). The number of carbonyl (C=O) groups excluding carboxylic acids is 1. The summed E-state index contributed by atoms with van der Waals surface area (Å²) in [5.74, 6) is -0.871. The summed E-state index contributed by atoms with van der Waals surface area (Å²) in [4.78, 5) is 12.2. The number of nitrogens with one attached hydrogen (secondary N) is 1. The molecule has 0 aromatic heterocycles. The van der Waals surface area contributed by atoms with Gasteiger partial charge in [0.1, 0.15) is 0 Å². The molecule has 27 heavy (non-hydrogen) atoms. The first-order chi connectivity index (χ1) is 12.6. The summed E-state index contributed by atoms with van der Waals surface area (Å²) in [5.41, 5.74) is -1.43. The largest absolute Gasteiger partial charge is 0.418 e. The summed E-state index contributed by atoms with van der Waals surface area (Å²) in [5, 5.41) is 2.14. The number of benzene rings is 2. The fourth-order valence-corrected chi connectivity index (χ4v) is 4.72. The Kier molecular flexibility index (Phi) is 6.66. The van der Waals surface area contributed by atoms with Crippen LogP contribution in [0.1, 0.15) is 12.5 Å². The van der Waals surface area contributed by atoms with Gasteiger partial charge in [0.05, 0.1) is 22.7 Å². The van der Waals surface area contributed by atoms with E-state index in [1.807, 2.05) is 0 Å². The Hall–Kier alpha value is -1.91. The van der Waals surface area contributed by atoms with Gasteiger partial charge in [-0.2, -0.15) is 17.5 Å². The molecule has 1 N–H and O–H groups in total. The maximum absolute atomic E-state index is 13.0. The highest BCUT2D eigenvalue weighted by atomic mass is 79.9. The Bertz CT molecular complexity index is 933. The van der Waals surface area contributed by atoms with Crippen molar-refractivity contribution >= 4 is 37.5 Å². The Balaban J connectivity index is 2.23. The van der Waals surface area contributed by atoms with Gasteiger partial charge in [0.25, 0.3) is 0 Å². The van der Waals surface area contributed by atoms with Crippen LogP contribution in [0.4, 0.5) is 18.9 Å². The smallest absolute Gasteiger partial charge is 0.324 e. The topological polar surface area (TPSA) is 66.5 Å². The minimum Gasteiger partial charge on any atom is -0.324 e. The lowest BCUT2D eigenvalue weighted by Crippen LogP contribution is -2.38. The summed E-state index contributed by atoms with van der Waals surface area (Å²) in [7, 11) is -4.00. The van der Waals surface area contributed by atoms with Crippen molar-refractivity contribution in [3.63, 3.8) is 0 Å². The minimum absolute atomic E-state index is 0.0298. The number of amides is 1. The van der Waals surface area contributed by atoms with E-state index in [1.54, 1.807) is 12.1 Å². The lowest BCUT2D eigenvalue weighted by Gasteiger charge is -2.21. The van der Waals surface area contributed by atoms with Gasteiger partial charge in [-0.1, -0.05) is 31.2 Å². The number of nitrogens with zero attached hydrogens (tertiary/aromatic N) is 1. The second-order valence-electron chi connectivity index (χ2n) is 5.45. The van der Waals surface area contributed by atoms with Gasteiger partial charge in [0.2, 0.25) is 15.9 Å². The Morgan fingerprint density at radius 1 is 1.11 bits per heavy atom. The van der Waals surface area contributed by atoms with E-state index in [4.69, 9.17) is 0 Å². The molecule has 0 aliphatic heterocycles. The summed E-state index contributed by atoms with van der Waals surface area (Å²) >= 11 is 3.15. The number of hydrogen-bond acceptors (Lipinski definition) is 3. The van der Waals surface area contributed by atoms with Crippen LogP contribution in [0.2, 0.25) is 0 Å². The summed E-state index contributed by atoms with van der Waals surface area (Å²) < 4.78 is 65.7. The zero-order chi connectivity index (χ0) is 20.2. The van der Waals surface area contributed by atoms with Crippen LogP contribution in [-0.2, 0) is 21.0 Å². The lowest BCUT2D eigenvalue weighted by molar-refractivity contribution is -0.137.